The molecule has 1 aromatic rings. The predicted octanol–water partition coefficient (Wildman–Crippen LogP) is 3.70. The molecule has 3 atom stereocenters. The number of methoxy groups -OCH3 is 1. The van der Waals surface area contributed by atoms with Gasteiger partial charge in [0.1, 0.15) is 5.75 Å². The normalized spacial score (nSPS) is 35.0. The van der Waals surface area contributed by atoms with Crippen LogP contribution in [0.15, 0.2) is 18.2 Å². The van der Waals surface area contributed by atoms with Crippen LogP contribution in [-0.4, -0.2) is 18.3 Å². The first kappa shape index (κ1) is 13.9. The van der Waals surface area contributed by atoms with Gasteiger partial charge in [-0.3, -0.25) is 0 Å². The second kappa shape index (κ2) is 4.49. The molecule has 0 saturated heterocycles. The highest BCUT2D eigenvalue weighted by Crippen LogP contribution is 2.57. The van der Waals surface area contributed by atoms with Gasteiger partial charge in [0.15, 0.2) is 0 Å². The standard InChI is InChI=1S/C18H26O2/c1-17(2)15-8-6-12-5-7-13(20-4)11-14(12)18(15,3)10-9-16(17)19/h5,7,11,15-16,19H,6,8-10H2,1-4H3/t15?,16-,18-/m0/s1. The van der Waals surface area contributed by atoms with Crippen LogP contribution < -0.4 is 4.74 Å². The molecule has 2 aliphatic rings. The number of aliphatic hydroxyl groups is 1. The van der Waals surface area contributed by atoms with Gasteiger partial charge in [-0.25, -0.2) is 0 Å². The molecule has 0 bridgehead atoms. The second-order valence-corrected chi connectivity index (χ2v) is 7.41. The van der Waals surface area contributed by atoms with Crippen molar-refractivity contribution in [3.8, 4) is 5.75 Å². The van der Waals surface area contributed by atoms with Crippen molar-refractivity contribution in [3.05, 3.63) is 29.3 Å². The molecule has 1 fully saturated rings. The summed E-state index contributed by atoms with van der Waals surface area (Å²) in [4.78, 5) is 0. The number of aryl methyl sites for hydroxylation is 1. The van der Waals surface area contributed by atoms with E-state index in [2.05, 4.69) is 39.0 Å². The Bertz CT molecular complexity index is 520. The van der Waals surface area contributed by atoms with Crippen LogP contribution in [-0.2, 0) is 11.8 Å². The maximum atomic E-state index is 10.4. The van der Waals surface area contributed by atoms with Crippen LogP contribution in [0.3, 0.4) is 0 Å². The molecule has 20 heavy (non-hydrogen) atoms. The van der Waals surface area contributed by atoms with E-state index in [0.717, 1.165) is 25.0 Å². The number of hydrogen-bond donors (Lipinski definition) is 1. The number of hydrogen-bond acceptors (Lipinski definition) is 2. The van der Waals surface area contributed by atoms with Gasteiger partial charge in [-0.05, 0) is 65.7 Å². The first-order valence-corrected chi connectivity index (χ1v) is 7.75. The Hall–Kier alpha value is -1.02. The van der Waals surface area contributed by atoms with E-state index in [4.69, 9.17) is 4.74 Å². The van der Waals surface area contributed by atoms with Gasteiger partial charge in [0, 0.05) is 0 Å². The van der Waals surface area contributed by atoms with Crippen LogP contribution in [0.25, 0.3) is 0 Å². The molecule has 0 radical (unpaired) electrons. The van der Waals surface area contributed by atoms with E-state index in [1.54, 1.807) is 7.11 Å². The van der Waals surface area contributed by atoms with E-state index < -0.39 is 0 Å². The maximum Gasteiger partial charge on any atom is 0.119 e. The summed E-state index contributed by atoms with van der Waals surface area (Å²) in [6, 6.07) is 6.54. The highest BCUT2D eigenvalue weighted by molar-refractivity contribution is 5.43. The van der Waals surface area contributed by atoms with Crippen molar-refractivity contribution in [2.75, 3.05) is 7.11 Å². The molecule has 3 rings (SSSR count). The molecule has 0 aliphatic heterocycles. The molecule has 1 aromatic carbocycles. The fourth-order valence-electron chi connectivity index (χ4n) is 4.78. The third kappa shape index (κ3) is 1.81. The molecule has 1 N–H and O–H groups in total. The van der Waals surface area contributed by atoms with Crippen molar-refractivity contribution in [1.82, 2.24) is 0 Å². The Kier molecular flexibility index (Phi) is 3.13. The predicted molar refractivity (Wildman–Crippen MR) is 81.2 cm³/mol. The third-order valence-electron chi connectivity index (χ3n) is 6.10. The fraction of sp³-hybridized carbons (Fsp3) is 0.667. The highest BCUT2D eigenvalue weighted by Gasteiger charge is 2.53. The Morgan fingerprint density at radius 2 is 1.95 bits per heavy atom. The monoisotopic (exact) mass is 274 g/mol. The van der Waals surface area contributed by atoms with Crippen molar-refractivity contribution in [2.45, 2.75) is 58.0 Å². The van der Waals surface area contributed by atoms with Crippen molar-refractivity contribution in [2.24, 2.45) is 11.3 Å². The lowest BCUT2D eigenvalue weighted by Gasteiger charge is -2.56. The fourth-order valence-corrected chi connectivity index (χ4v) is 4.78. The van der Waals surface area contributed by atoms with Gasteiger partial charge in [0.2, 0.25) is 0 Å². The summed E-state index contributed by atoms with van der Waals surface area (Å²) in [5.74, 6) is 1.49. The van der Waals surface area contributed by atoms with Crippen molar-refractivity contribution in [3.63, 3.8) is 0 Å². The number of aliphatic hydroxyl groups excluding tert-OH is 1. The molecule has 0 amide bonds. The summed E-state index contributed by atoms with van der Waals surface area (Å²) in [6.45, 7) is 6.87. The van der Waals surface area contributed by atoms with Gasteiger partial charge in [-0.15, -0.1) is 0 Å². The Morgan fingerprint density at radius 1 is 1.20 bits per heavy atom. The minimum Gasteiger partial charge on any atom is -0.497 e. The smallest absolute Gasteiger partial charge is 0.119 e. The van der Waals surface area contributed by atoms with Crippen LogP contribution in [0.5, 0.6) is 5.75 Å². The zero-order valence-corrected chi connectivity index (χ0v) is 13.1. The molecule has 2 heteroatoms. The molecular weight excluding hydrogens is 248 g/mol. The van der Waals surface area contributed by atoms with E-state index >= 15 is 0 Å². The van der Waals surface area contributed by atoms with Crippen molar-refractivity contribution in [1.29, 1.82) is 0 Å². The van der Waals surface area contributed by atoms with E-state index in [-0.39, 0.29) is 16.9 Å². The Balaban J connectivity index is 2.10. The molecule has 0 heterocycles. The van der Waals surface area contributed by atoms with Crippen LogP contribution >= 0.6 is 0 Å². The summed E-state index contributed by atoms with van der Waals surface area (Å²) < 4.78 is 5.43. The zero-order chi connectivity index (χ0) is 14.5. The summed E-state index contributed by atoms with van der Waals surface area (Å²) in [6.07, 6.45) is 4.10. The van der Waals surface area contributed by atoms with E-state index in [0.29, 0.717) is 5.92 Å². The van der Waals surface area contributed by atoms with Crippen LogP contribution in [0, 0.1) is 11.3 Å². The number of benzene rings is 1. The van der Waals surface area contributed by atoms with E-state index in [9.17, 15) is 5.11 Å². The lowest BCUT2D eigenvalue weighted by Crippen LogP contribution is -2.53. The third-order valence-corrected chi connectivity index (χ3v) is 6.10. The van der Waals surface area contributed by atoms with E-state index in [1.165, 1.54) is 17.5 Å². The topological polar surface area (TPSA) is 29.5 Å². The summed E-state index contributed by atoms with van der Waals surface area (Å²) in [5.41, 5.74) is 3.09. The first-order valence-electron chi connectivity index (χ1n) is 7.75. The summed E-state index contributed by atoms with van der Waals surface area (Å²) in [5, 5.41) is 10.4. The van der Waals surface area contributed by atoms with Gasteiger partial charge < -0.3 is 9.84 Å². The number of fused-ring (bicyclic) bond motifs is 3. The van der Waals surface area contributed by atoms with Crippen LogP contribution in [0.1, 0.15) is 51.2 Å². The molecular formula is C18H26O2. The molecule has 2 nitrogen and oxygen atoms in total. The summed E-state index contributed by atoms with van der Waals surface area (Å²) >= 11 is 0. The van der Waals surface area contributed by atoms with Crippen molar-refractivity contribution < 1.29 is 9.84 Å². The number of rotatable bonds is 1. The Morgan fingerprint density at radius 3 is 2.65 bits per heavy atom. The Labute approximate surface area is 122 Å². The zero-order valence-electron chi connectivity index (χ0n) is 13.1. The molecule has 1 unspecified atom stereocenters. The molecule has 1 saturated carbocycles. The van der Waals surface area contributed by atoms with Gasteiger partial charge in [-0.1, -0.05) is 26.8 Å². The van der Waals surface area contributed by atoms with Crippen molar-refractivity contribution >= 4 is 0 Å². The first-order chi connectivity index (χ1) is 9.39. The van der Waals surface area contributed by atoms with Crippen LogP contribution in [0.2, 0.25) is 0 Å². The minimum atomic E-state index is -0.173. The largest absolute Gasteiger partial charge is 0.497 e. The molecule has 0 aromatic heterocycles. The maximum absolute atomic E-state index is 10.4. The average Bonchev–Trinajstić information content (AvgIpc) is 2.43. The number of ether oxygens (including phenoxy) is 1. The minimum absolute atomic E-state index is 0.00618. The van der Waals surface area contributed by atoms with Crippen LogP contribution in [0.4, 0.5) is 0 Å². The summed E-state index contributed by atoms with van der Waals surface area (Å²) in [7, 11) is 1.74. The molecule has 0 spiro atoms. The van der Waals surface area contributed by atoms with Gasteiger partial charge in [0.25, 0.3) is 0 Å². The quantitative estimate of drug-likeness (QED) is 0.846. The average molecular weight is 274 g/mol. The van der Waals surface area contributed by atoms with Gasteiger partial charge in [0.05, 0.1) is 13.2 Å². The molecule has 110 valence electrons. The van der Waals surface area contributed by atoms with Gasteiger partial charge in [-0.2, -0.15) is 0 Å². The highest BCUT2D eigenvalue weighted by atomic mass is 16.5. The SMILES string of the molecule is COc1ccc2c(c1)[C@]1(C)CC[C@H](O)C(C)(C)C1CC2. The van der Waals surface area contributed by atoms with E-state index in [1.807, 2.05) is 0 Å². The van der Waals surface area contributed by atoms with Gasteiger partial charge >= 0.3 is 0 Å². The second-order valence-electron chi connectivity index (χ2n) is 7.41. The lowest BCUT2D eigenvalue weighted by molar-refractivity contribution is -0.0731. The molecule has 2 aliphatic carbocycles. The lowest BCUT2D eigenvalue weighted by atomic mass is 9.49.